The molecule has 2 aromatic heterocycles. The zero-order chi connectivity index (χ0) is 16.6. The maximum Gasteiger partial charge on any atom is 0.286 e. The molecule has 0 unspecified atom stereocenters. The number of primary amides is 1. The van der Waals surface area contributed by atoms with Crippen molar-refractivity contribution in [1.29, 1.82) is 0 Å². The molecule has 0 atom stereocenters. The maximum atomic E-state index is 12.2. The number of pyridine rings is 1. The Morgan fingerprint density at radius 1 is 1.39 bits per heavy atom. The van der Waals surface area contributed by atoms with Crippen LogP contribution in [0.2, 0.25) is 0 Å². The van der Waals surface area contributed by atoms with Gasteiger partial charge in [-0.15, -0.1) is 0 Å². The number of nitrogens with two attached hydrogens (primary N) is 1. The highest BCUT2D eigenvalue weighted by Gasteiger charge is 2.18. The number of carbonyl (C=O) groups is 1. The summed E-state index contributed by atoms with van der Waals surface area (Å²) in [6.45, 7) is -0.0462. The number of hydrogen-bond acceptors (Lipinski definition) is 5. The number of amides is 1. The van der Waals surface area contributed by atoms with Gasteiger partial charge in [-0.1, -0.05) is 12.1 Å². The molecule has 0 spiro atoms. The molecule has 3 aromatic rings. The SMILES string of the molecule is NC(=O)c1cc([N+](=O)[O-])cn(Cc2nc3ccccc3[nH]2)c1=O. The number of para-hydroxylation sites is 2. The van der Waals surface area contributed by atoms with Crippen molar-refractivity contribution in [2.24, 2.45) is 5.73 Å². The Balaban J connectivity index is 2.09. The molecule has 2 heterocycles. The van der Waals surface area contributed by atoms with Crippen LogP contribution in [-0.4, -0.2) is 25.4 Å². The summed E-state index contributed by atoms with van der Waals surface area (Å²) < 4.78 is 1.04. The predicted molar refractivity (Wildman–Crippen MR) is 81.1 cm³/mol. The molecule has 1 amide bonds. The molecule has 3 rings (SSSR count). The monoisotopic (exact) mass is 313 g/mol. The van der Waals surface area contributed by atoms with Crippen LogP contribution in [0.25, 0.3) is 11.0 Å². The number of carbonyl (C=O) groups excluding carboxylic acids is 1. The molecule has 0 bridgehead atoms. The number of H-pyrrole nitrogens is 1. The Labute approximate surface area is 128 Å². The van der Waals surface area contributed by atoms with Gasteiger partial charge in [0.1, 0.15) is 11.4 Å². The minimum Gasteiger partial charge on any atom is -0.365 e. The van der Waals surface area contributed by atoms with Gasteiger partial charge < -0.3 is 15.3 Å². The fourth-order valence-corrected chi connectivity index (χ4v) is 2.26. The fraction of sp³-hybridized carbons (Fsp3) is 0.0714. The van der Waals surface area contributed by atoms with Crippen LogP contribution in [0, 0.1) is 10.1 Å². The fourth-order valence-electron chi connectivity index (χ4n) is 2.26. The van der Waals surface area contributed by atoms with Gasteiger partial charge in [0.2, 0.25) is 0 Å². The summed E-state index contributed by atoms with van der Waals surface area (Å²) in [5, 5.41) is 10.9. The van der Waals surface area contributed by atoms with E-state index in [-0.39, 0.29) is 6.54 Å². The first-order valence-corrected chi connectivity index (χ1v) is 6.58. The van der Waals surface area contributed by atoms with Crippen LogP contribution in [0.15, 0.2) is 41.3 Å². The smallest absolute Gasteiger partial charge is 0.286 e. The van der Waals surface area contributed by atoms with Gasteiger partial charge in [0.05, 0.1) is 28.7 Å². The normalized spacial score (nSPS) is 10.8. The van der Waals surface area contributed by atoms with Crippen LogP contribution in [0.4, 0.5) is 5.69 Å². The van der Waals surface area contributed by atoms with E-state index in [0.29, 0.717) is 11.3 Å². The van der Waals surface area contributed by atoms with E-state index in [1.807, 2.05) is 18.2 Å². The summed E-state index contributed by atoms with van der Waals surface area (Å²) in [4.78, 5) is 41.1. The molecule has 3 N–H and O–H groups in total. The first kappa shape index (κ1) is 14.4. The second-order valence-corrected chi connectivity index (χ2v) is 4.87. The Morgan fingerprint density at radius 3 is 2.78 bits per heavy atom. The Hall–Kier alpha value is -3.49. The molecule has 0 fully saturated rings. The zero-order valence-electron chi connectivity index (χ0n) is 11.7. The van der Waals surface area contributed by atoms with Crippen molar-refractivity contribution in [3.05, 3.63) is 68.4 Å². The van der Waals surface area contributed by atoms with Crippen molar-refractivity contribution >= 4 is 22.6 Å². The second kappa shape index (κ2) is 5.37. The number of rotatable bonds is 4. The van der Waals surface area contributed by atoms with Gasteiger partial charge in [-0.3, -0.25) is 19.7 Å². The number of aromatic amines is 1. The van der Waals surface area contributed by atoms with Crippen LogP contribution < -0.4 is 11.3 Å². The maximum absolute atomic E-state index is 12.2. The Bertz CT molecular complexity index is 955. The summed E-state index contributed by atoms with van der Waals surface area (Å²) in [5.41, 5.74) is 5.05. The Kier molecular flexibility index (Phi) is 3.37. The molecule has 9 heteroatoms. The van der Waals surface area contributed by atoms with Crippen LogP contribution in [-0.2, 0) is 6.54 Å². The minimum absolute atomic E-state index is 0.0462. The lowest BCUT2D eigenvalue weighted by molar-refractivity contribution is -0.385. The van der Waals surface area contributed by atoms with Gasteiger partial charge in [0, 0.05) is 6.07 Å². The number of benzene rings is 1. The lowest BCUT2D eigenvalue weighted by Crippen LogP contribution is -2.30. The van der Waals surface area contributed by atoms with Gasteiger partial charge in [0.25, 0.3) is 17.2 Å². The van der Waals surface area contributed by atoms with Crippen molar-refractivity contribution in [3.8, 4) is 0 Å². The minimum atomic E-state index is -1.02. The van der Waals surface area contributed by atoms with E-state index in [4.69, 9.17) is 5.73 Å². The standard InChI is InChI=1S/C14H11N5O4/c15-13(20)9-5-8(19(22)23)6-18(14(9)21)7-12-16-10-3-1-2-4-11(10)17-12/h1-6H,7H2,(H2,15,20)(H,16,17). The quantitative estimate of drug-likeness (QED) is 0.541. The number of fused-ring (bicyclic) bond motifs is 1. The van der Waals surface area contributed by atoms with Crippen LogP contribution >= 0.6 is 0 Å². The number of aromatic nitrogens is 3. The van der Waals surface area contributed by atoms with E-state index in [1.165, 1.54) is 0 Å². The molecule has 1 aromatic carbocycles. The number of nitrogens with zero attached hydrogens (tertiary/aromatic N) is 3. The third-order valence-corrected chi connectivity index (χ3v) is 3.31. The molecule has 0 saturated heterocycles. The van der Waals surface area contributed by atoms with Crippen LogP contribution in [0.1, 0.15) is 16.2 Å². The van der Waals surface area contributed by atoms with Crippen molar-refractivity contribution in [2.75, 3.05) is 0 Å². The average molecular weight is 313 g/mol. The predicted octanol–water partition coefficient (Wildman–Crippen LogP) is 0.780. The zero-order valence-corrected chi connectivity index (χ0v) is 11.7. The summed E-state index contributed by atoms with van der Waals surface area (Å²) in [7, 11) is 0. The van der Waals surface area contributed by atoms with Crippen molar-refractivity contribution in [1.82, 2.24) is 14.5 Å². The number of nitrogens with one attached hydrogen (secondary N) is 1. The first-order chi connectivity index (χ1) is 11.0. The molecule has 9 nitrogen and oxygen atoms in total. The van der Waals surface area contributed by atoms with Crippen molar-refractivity contribution < 1.29 is 9.72 Å². The molecule has 0 aliphatic heterocycles. The van der Waals surface area contributed by atoms with E-state index in [0.717, 1.165) is 22.3 Å². The average Bonchev–Trinajstić information content (AvgIpc) is 2.91. The van der Waals surface area contributed by atoms with E-state index < -0.39 is 27.6 Å². The number of nitro groups is 1. The number of imidazole rings is 1. The van der Waals surface area contributed by atoms with Gasteiger partial charge in [0.15, 0.2) is 0 Å². The lowest BCUT2D eigenvalue weighted by Gasteiger charge is -2.05. The highest BCUT2D eigenvalue weighted by Crippen LogP contribution is 2.13. The highest BCUT2D eigenvalue weighted by molar-refractivity contribution is 5.92. The summed E-state index contributed by atoms with van der Waals surface area (Å²) in [5.74, 6) is -0.582. The lowest BCUT2D eigenvalue weighted by atomic mass is 10.2. The van der Waals surface area contributed by atoms with Crippen LogP contribution in [0.5, 0.6) is 0 Å². The molecule has 23 heavy (non-hydrogen) atoms. The summed E-state index contributed by atoms with van der Waals surface area (Å²) >= 11 is 0. The van der Waals surface area contributed by atoms with Gasteiger partial charge in [-0.05, 0) is 12.1 Å². The summed E-state index contributed by atoms with van der Waals surface area (Å²) in [6.07, 6.45) is 1.06. The van der Waals surface area contributed by atoms with E-state index >= 15 is 0 Å². The van der Waals surface area contributed by atoms with Crippen molar-refractivity contribution in [3.63, 3.8) is 0 Å². The highest BCUT2D eigenvalue weighted by atomic mass is 16.6. The van der Waals surface area contributed by atoms with Gasteiger partial charge >= 0.3 is 0 Å². The third kappa shape index (κ3) is 2.67. The Morgan fingerprint density at radius 2 is 2.13 bits per heavy atom. The number of hydrogen-bond donors (Lipinski definition) is 2. The molecular weight excluding hydrogens is 302 g/mol. The van der Waals surface area contributed by atoms with E-state index in [1.54, 1.807) is 6.07 Å². The topological polar surface area (TPSA) is 137 Å². The first-order valence-electron chi connectivity index (χ1n) is 6.58. The molecule has 0 saturated carbocycles. The largest absolute Gasteiger partial charge is 0.365 e. The van der Waals surface area contributed by atoms with Crippen LogP contribution in [0.3, 0.4) is 0 Å². The third-order valence-electron chi connectivity index (χ3n) is 3.31. The molecular formula is C14H11N5O4. The van der Waals surface area contributed by atoms with E-state index in [9.17, 15) is 19.7 Å². The van der Waals surface area contributed by atoms with Crippen molar-refractivity contribution in [2.45, 2.75) is 6.54 Å². The molecule has 0 aliphatic carbocycles. The summed E-state index contributed by atoms with van der Waals surface area (Å²) in [6, 6.07) is 8.13. The molecule has 0 aliphatic rings. The second-order valence-electron chi connectivity index (χ2n) is 4.87. The van der Waals surface area contributed by atoms with Gasteiger partial charge in [-0.25, -0.2) is 4.98 Å². The molecule has 0 radical (unpaired) electrons. The van der Waals surface area contributed by atoms with E-state index in [2.05, 4.69) is 9.97 Å². The molecule has 116 valence electrons. The van der Waals surface area contributed by atoms with Gasteiger partial charge in [-0.2, -0.15) is 0 Å².